The van der Waals surface area contributed by atoms with E-state index >= 15 is 0 Å². The number of aromatic nitrogens is 2. The van der Waals surface area contributed by atoms with Gasteiger partial charge in [0.2, 0.25) is 0 Å². The van der Waals surface area contributed by atoms with E-state index in [1.165, 1.54) is 11.1 Å². The van der Waals surface area contributed by atoms with E-state index in [0.29, 0.717) is 0 Å². The van der Waals surface area contributed by atoms with Gasteiger partial charge in [0.1, 0.15) is 5.52 Å². The molecule has 0 aliphatic heterocycles. The number of fused-ring (bicyclic) bond motifs is 1. The summed E-state index contributed by atoms with van der Waals surface area (Å²) in [5.74, 6) is 0. The fraction of sp³-hybridized carbons (Fsp3) is 0.136. The minimum absolute atomic E-state index is 0.0281. The van der Waals surface area contributed by atoms with Crippen molar-refractivity contribution >= 4 is 33.5 Å². The van der Waals surface area contributed by atoms with Crippen LogP contribution in [0.3, 0.4) is 0 Å². The van der Waals surface area contributed by atoms with E-state index < -0.39 is 0 Å². The molecule has 0 N–H and O–H groups in total. The molecule has 2 aromatic heterocycles. The Hall–Kier alpha value is -2.34. The van der Waals surface area contributed by atoms with Crippen LogP contribution in [0.2, 0.25) is 0 Å². The number of benzene rings is 2. The predicted molar refractivity (Wildman–Crippen MR) is 115 cm³/mol. The van der Waals surface area contributed by atoms with Crippen molar-refractivity contribution in [1.29, 1.82) is 0 Å². The van der Waals surface area contributed by atoms with Crippen molar-refractivity contribution in [2.45, 2.75) is 13.3 Å². The third-order valence-corrected chi connectivity index (χ3v) is 5.50. The van der Waals surface area contributed by atoms with Gasteiger partial charge >= 0.3 is 0 Å². The number of pyridine rings is 1. The third kappa shape index (κ3) is 2.98. The minimum Gasteiger partial charge on any atom is -0.316 e. The molecule has 130 valence electrons. The maximum atomic E-state index is 12.9. The van der Waals surface area contributed by atoms with Crippen LogP contribution in [0.5, 0.6) is 0 Å². The summed E-state index contributed by atoms with van der Waals surface area (Å²) < 4.78 is 4.80. The van der Waals surface area contributed by atoms with Gasteiger partial charge < -0.3 is 4.57 Å². The lowest BCUT2D eigenvalue weighted by Gasteiger charge is -2.11. The van der Waals surface area contributed by atoms with Gasteiger partial charge in [-0.1, -0.05) is 48.0 Å². The smallest absolute Gasteiger partial charge is 0.275 e. The SMILES string of the molecule is Cc1ccc(-n2c(I)cc3c(Cc4ccccc4)cn(C)c(=O)c32)cc1. The highest BCUT2D eigenvalue weighted by Gasteiger charge is 2.16. The van der Waals surface area contributed by atoms with Gasteiger partial charge in [-0.3, -0.25) is 9.36 Å². The summed E-state index contributed by atoms with van der Waals surface area (Å²) >= 11 is 2.32. The van der Waals surface area contributed by atoms with Crippen molar-refractivity contribution in [1.82, 2.24) is 9.13 Å². The van der Waals surface area contributed by atoms with Crippen LogP contribution in [-0.2, 0) is 13.5 Å². The number of halogens is 1. The number of nitrogens with zero attached hydrogens (tertiary/aromatic N) is 2. The van der Waals surface area contributed by atoms with Gasteiger partial charge in [0.15, 0.2) is 0 Å². The van der Waals surface area contributed by atoms with Crippen LogP contribution >= 0.6 is 22.6 Å². The molecular weight excluding hydrogens is 435 g/mol. The average Bonchev–Trinajstić information content (AvgIpc) is 2.99. The Morgan fingerprint density at radius 2 is 1.69 bits per heavy atom. The van der Waals surface area contributed by atoms with E-state index in [9.17, 15) is 4.79 Å². The molecule has 0 aliphatic carbocycles. The molecule has 26 heavy (non-hydrogen) atoms. The van der Waals surface area contributed by atoms with Crippen LogP contribution < -0.4 is 5.56 Å². The van der Waals surface area contributed by atoms with Gasteiger partial charge in [0.05, 0.1) is 3.70 Å². The molecule has 0 aliphatic rings. The highest BCUT2D eigenvalue weighted by molar-refractivity contribution is 14.1. The summed E-state index contributed by atoms with van der Waals surface area (Å²) in [5, 5.41) is 1.03. The molecule has 0 unspecified atom stereocenters. The Morgan fingerprint density at radius 3 is 2.38 bits per heavy atom. The summed E-state index contributed by atoms with van der Waals surface area (Å²) in [6.45, 7) is 2.07. The Balaban J connectivity index is 1.97. The molecule has 4 aromatic rings. The van der Waals surface area contributed by atoms with Gasteiger partial charge in [0.25, 0.3) is 5.56 Å². The van der Waals surface area contributed by atoms with Crippen molar-refractivity contribution in [2.24, 2.45) is 7.05 Å². The molecule has 4 heteroatoms. The standard InChI is InChI=1S/C22H19IN2O/c1-15-8-10-18(11-9-15)25-20(23)13-19-17(12-16-6-4-3-5-7-16)14-24(2)22(26)21(19)25/h3-11,13-14H,12H2,1-2H3. The number of rotatable bonds is 3. The zero-order chi connectivity index (χ0) is 18.3. The molecule has 3 nitrogen and oxygen atoms in total. The van der Waals surface area contributed by atoms with Crippen molar-refractivity contribution in [3.63, 3.8) is 0 Å². The monoisotopic (exact) mass is 454 g/mol. The molecule has 0 atom stereocenters. The summed E-state index contributed by atoms with van der Waals surface area (Å²) in [4.78, 5) is 12.9. The topological polar surface area (TPSA) is 26.9 Å². The fourth-order valence-electron chi connectivity index (χ4n) is 3.37. The summed E-state index contributed by atoms with van der Waals surface area (Å²) in [6, 6.07) is 20.8. The van der Waals surface area contributed by atoms with E-state index in [1.54, 1.807) is 4.57 Å². The highest BCUT2D eigenvalue weighted by atomic mass is 127. The Bertz CT molecular complexity index is 1140. The number of hydrogen-bond acceptors (Lipinski definition) is 1. The molecule has 0 saturated heterocycles. The average molecular weight is 454 g/mol. The molecule has 0 spiro atoms. The van der Waals surface area contributed by atoms with E-state index in [0.717, 1.165) is 32.3 Å². The molecule has 0 bridgehead atoms. The molecular formula is C22H19IN2O. The van der Waals surface area contributed by atoms with E-state index in [-0.39, 0.29) is 5.56 Å². The number of aryl methyl sites for hydroxylation is 2. The zero-order valence-corrected chi connectivity index (χ0v) is 16.9. The van der Waals surface area contributed by atoms with Gasteiger partial charge in [-0.15, -0.1) is 0 Å². The summed E-state index contributed by atoms with van der Waals surface area (Å²) in [6.07, 6.45) is 2.77. The van der Waals surface area contributed by atoms with Crippen molar-refractivity contribution in [3.05, 3.63) is 97.6 Å². The lowest BCUT2D eigenvalue weighted by molar-refractivity contribution is 0.851. The lowest BCUT2D eigenvalue weighted by Crippen LogP contribution is -2.20. The second kappa shape index (κ2) is 6.76. The first-order valence-electron chi connectivity index (χ1n) is 8.55. The van der Waals surface area contributed by atoms with Crippen LogP contribution in [0.25, 0.3) is 16.6 Å². The Morgan fingerprint density at radius 1 is 1.00 bits per heavy atom. The molecule has 0 saturated carbocycles. The minimum atomic E-state index is 0.0281. The first kappa shape index (κ1) is 17.1. The Labute approximate surface area is 166 Å². The van der Waals surface area contributed by atoms with Crippen molar-refractivity contribution in [2.75, 3.05) is 0 Å². The van der Waals surface area contributed by atoms with Crippen LogP contribution in [0, 0.1) is 10.6 Å². The molecule has 4 rings (SSSR count). The fourth-order valence-corrected chi connectivity index (χ4v) is 4.20. The molecule has 0 amide bonds. The van der Waals surface area contributed by atoms with Crippen LogP contribution in [-0.4, -0.2) is 9.13 Å². The predicted octanol–water partition coefficient (Wildman–Crippen LogP) is 4.83. The van der Waals surface area contributed by atoms with Crippen LogP contribution in [0.4, 0.5) is 0 Å². The Kier molecular flexibility index (Phi) is 4.44. The largest absolute Gasteiger partial charge is 0.316 e. The van der Waals surface area contributed by atoms with Crippen LogP contribution in [0.1, 0.15) is 16.7 Å². The molecule has 0 radical (unpaired) electrons. The van der Waals surface area contributed by atoms with Crippen molar-refractivity contribution in [3.8, 4) is 5.69 Å². The van der Waals surface area contributed by atoms with Gasteiger partial charge in [-0.25, -0.2) is 0 Å². The second-order valence-corrected chi connectivity index (χ2v) is 7.74. The third-order valence-electron chi connectivity index (χ3n) is 4.70. The lowest BCUT2D eigenvalue weighted by atomic mass is 10.0. The van der Waals surface area contributed by atoms with Gasteiger partial charge in [0, 0.05) is 24.3 Å². The zero-order valence-electron chi connectivity index (χ0n) is 14.7. The quantitative estimate of drug-likeness (QED) is 0.408. The van der Waals surface area contributed by atoms with Gasteiger partial charge in [-0.2, -0.15) is 0 Å². The van der Waals surface area contributed by atoms with Gasteiger partial charge in [-0.05, 0) is 65.3 Å². The normalized spacial score (nSPS) is 11.2. The maximum absolute atomic E-state index is 12.9. The van der Waals surface area contributed by atoms with Crippen molar-refractivity contribution < 1.29 is 0 Å². The summed E-state index contributed by atoms with van der Waals surface area (Å²) in [7, 11) is 1.83. The molecule has 2 aromatic carbocycles. The van der Waals surface area contributed by atoms with E-state index in [1.807, 2.05) is 19.3 Å². The van der Waals surface area contributed by atoms with Crippen LogP contribution in [0.15, 0.2) is 71.7 Å². The second-order valence-electron chi connectivity index (χ2n) is 6.63. The number of hydrogen-bond donors (Lipinski definition) is 0. The first-order chi connectivity index (χ1) is 12.5. The van der Waals surface area contributed by atoms with E-state index in [2.05, 4.69) is 88.7 Å². The summed E-state index contributed by atoms with van der Waals surface area (Å²) in [5.41, 5.74) is 5.40. The van der Waals surface area contributed by atoms with E-state index in [4.69, 9.17) is 0 Å². The molecule has 2 heterocycles. The first-order valence-corrected chi connectivity index (χ1v) is 9.63. The highest BCUT2D eigenvalue weighted by Crippen LogP contribution is 2.27. The molecule has 0 fully saturated rings. The maximum Gasteiger partial charge on any atom is 0.275 e.